The normalized spacial score (nSPS) is 47.1. The number of nitroso groups, excluding NO2 is 1. The summed E-state index contributed by atoms with van der Waals surface area (Å²) in [4.78, 5) is 11.2. The average molecular weight is 381 g/mol. The highest BCUT2D eigenvalue weighted by Gasteiger charge is 2.51. The molecule has 10 atom stereocenters. The number of hydrogen-bond donors (Lipinski definition) is 6. The van der Waals surface area contributed by atoms with E-state index in [-0.39, 0.29) is 5.92 Å². The lowest BCUT2D eigenvalue weighted by Gasteiger charge is -2.46. The van der Waals surface area contributed by atoms with Crippen LogP contribution < -0.4 is 0 Å². The topological polar surface area (TPSA) is 178 Å². The van der Waals surface area contributed by atoms with Gasteiger partial charge in [-0.2, -0.15) is 4.91 Å². The van der Waals surface area contributed by atoms with E-state index in [9.17, 15) is 35.5 Å². The van der Waals surface area contributed by atoms with Crippen LogP contribution in [-0.2, 0) is 14.2 Å². The molecule has 11 heteroatoms. The zero-order chi connectivity index (χ0) is 19.6. The zero-order valence-electron chi connectivity index (χ0n) is 14.5. The molecule has 152 valence electrons. The predicted octanol–water partition coefficient (Wildman–Crippen LogP) is -2.71. The Morgan fingerprint density at radius 1 is 0.962 bits per heavy atom. The summed E-state index contributed by atoms with van der Waals surface area (Å²) in [6, 6.07) is -1.00. The first-order valence-electron chi connectivity index (χ1n) is 8.49. The van der Waals surface area contributed by atoms with E-state index in [0.717, 1.165) is 0 Å². The molecule has 2 aliphatic rings. The maximum atomic E-state index is 11.2. The molecule has 0 bridgehead atoms. The van der Waals surface area contributed by atoms with Crippen LogP contribution in [0.25, 0.3) is 0 Å². The second-order valence-corrected chi connectivity index (χ2v) is 6.96. The standard InChI is InChI=1S/C15H27NO10/c1-5(2)8-9(16-23)6(3-17)25-15(11(8)20)26-13-10(19)7(4-18)24-14(22)12(13)21/h5-15,17-22H,3-4H2,1-2H3. The van der Waals surface area contributed by atoms with Gasteiger partial charge in [-0.3, -0.25) is 0 Å². The molecule has 0 spiro atoms. The third kappa shape index (κ3) is 4.06. The fourth-order valence-electron chi connectivity index (χ4n) is 3.54. The van der Waals surface area contributed by atoms with Crippen molar-refractivity contribution in [2.45, 2.75) is 69.1 Å². The minimum Gasteiger partial charge on any atom is -0.394 e. The van der Waals surface area contributed by atoms with Gasteiger partial charge in [-0.25, -0.2) is 0 Å². The molecule has 2 aliphatic heterocycles. The van der Waals surface area contributed by atoms with E-state index in [0.29, 0.717) is 0 Å². The first-order valence-corrected chi connectivity index (χ1v) is 8.49. The lowest BCUT2D eigenvalue weighted by Crippen LogP contribution is -2.63. The molecule has 2 rings (SSSR count). The molecular formula is C15H27NO10. The maximum Gasteiger partial charge on any atom is 0.184 e. The molecule has 0 amide bonds. The number of rotatable bonds is 6. The van der Waals surface area contributed by atoms with E-state index in [4.69, 9.17) is 14.2 Å². The smallest absolute Gasteiger partial charge is 0.184 e. The van der Waals surface area contributed by atoms with Gasteiger partial charge in [0.05, 0.1) is 13.2 Å². The van der Waals surface area contributed by atoms with Crippen molar-refractivity contribution >= 4 is 0 Å². The first-order chi connectivity index (χ1) is 12.3. The summed E-state index contributed by atoms with van der Waals surface area (Å²) < 4.78 is 15.8. The molecule has 26 heavy (non-hydrogen) atoms. The van der Waals surface area contributed by atoms with Gasteiger partial charge in [-0.15, -0.1) is 0 Å². The molecule has 2 fully saturated rings. The summed E-state index contributed by atoms with van der Waals surface area (Å²) in [5.41, 5.74) is 0. The summed E-state index contributed by atoms with van der Waals surface area (Å²) >= 11 is 0. The average Bonchev–Trinajstić information content (AvgIpc) is 2.61. The van der Waals surface area contributed by atoms with Gasteiger partial charge in [0.1, 0.15) is 42.7 Å². The van der Waals surface area contributed by atoms with Crippen molar-refractivity contribution in [3.63, 3.8) is 0 Å². The molecule has 2 saturated heterocycles. The largest absolute Gasteiger partial charge is 0.394 e. The SMILES string of the molecule is CC(C)C1C(O)C(OC2C(O)C(O)OC(CO)C2O)OC(CO)C1N=O. The first kappa shape index (κ1) is 21.5. The maximum absolute atomic E-state index is 11.2. The van der Waals surface area contributed by atoms with E-state index in [1.165, 1.54) is 0 Å². The summed E-state index contributed by atoms with van der Waals surface area (Å²) in [5, 5.41) is 62.2. The van der Waals surface area contributed by atoms with Crippen LogP contribution in [0.4, 0.5) is 0 Å². The third-order valence-corrected chi connectivity index (χ3v) is 4.96. The van der Waals surface area contributed by atoms with Gasteiger partial charge in [0.2, 0.25) is 0 Å². The fraction of sp³-hybridized carbons (Fsp3) is 1.00. The Balaban J connectivity index is 2.22. The molecular weight excluding hydrogens is 354 g/mol. The molecule has 11 nitrogen and oxygen atoms in total. The van der Waals surface area contributed by atoms with Crippen LogP contribution in [0.2, 0.25) is 0 Å². The van der Waals surface area contributed by atoms with Gasteiger partial charge < -0.3 is 44.8 Å². The zero-order valence-corrected chi connectivity index (χ0v) is 14.5. The number of hydrogen-bond acceptors (Lipinski definition) is 11. The van der Waals surface area contributed by atoms with Crippen molar-refractivity contribution < 1.29 is 44.8 Å². The Morgan fingerprint density at radius 2 is 1.58 bits per heavy atom. The van der Waals surface area contributed by atoms with E-state index in [1.54, 1.807) is 13.8 Å². The van der Waals surface area contributed by atoms with Crippen LogP contribution in [0.5, 0.6) is 0 Å². The number of aliphatic hydroxyl groups excluding tert-OH is 6. The lowest BCUT2D eigenvalue weighted by molar-refractivity contribution is -0.345. The van der Waals surface area contributed by atoms with Crippen LogP contribution in [-0.4, -0.2) is 99.1 Å². The molecule has 0 aromatic rings. The molecule has 6 N–H and O–H groups in total. The van der Waals surface area contributed by atoms with Crippen molar-refractivity contribution in [2.24, 2.45) is 17.0 Å². The quantitative estimate of drug-likeness (QED) is 0.265. The second kappa shape index (κ2) is 8.95. The van der Waals surface area contributed by atoms with Crippen LogP contribution in [0.3, 0.4) is 0 Å². The van der Waals surface area contributed by atoms with Crippen molar-refractivity contribution in [1.82, 2.24) is 0 Å². The summed E-state index contributed by atoms with van der Waals surface area (Å²) in [7, 11) is 0. The number of aliphatic hydroxyl groups is 6. The third-order valence-electron chi connectivity index (χ3n) is 4.96. The van der Waals surface area contributed by atoms with Gasteiger partial charge in [0.15, 0.2) is 12.6 Å². The van der Waals surface area contributed by atoms with Crippen molar-refractivity contribution in [2.75, 3.05) is 13.2 Å². The lowest BCUT2D eigenvalue weighted by atomic mass is 9.79. The fourth-order valence-corrected chi connectivity index (χ4v) is 3.54. The van der Waals surface area contributed by atoms with Gasteiger partial charge >= 0.3 is 0 Å². The highest BCUT2D eigenvalue weighted by molar-refractivity contribution is 4.97. The summed E-state index contributed by atoms with van der Waals surface area (Å²) in [5.74, 6) is -0.909. The van der Waals surface area contributed by atoms with Crippen LogP contribution >= 0.6 is 0 Å². The Bertz CT molecular complexity index is 466. The highest BCUT2D eigenvalue weighted by Crippen LogP contribution is 2.35. The molecule has 0 aliphatic carbocycles. The Morgan fingerprint density at radius 3 is 2.08 bits per heavy atom. The predicted molar refractivity (Wildman–Crippen MR) is 84.5 cm³/mol. The van der Waals surface area contributed by atoms with E-state index in [2.05, 4.69) is 5.18 Å². The minimum absolute atomic E-state index is 0.211. The van der Waals surface area contributed by atoms with E-state index < -0.39 is 74.4 Å². The van der Waals surface area contributed by atoms with E-state index in [1.807, 2.05) is 0 Å². The van der Waals surface area contributed by atoms with Crippen LogP contribution in [0.15, 0.2) is 5.18 Å². The Hall–Kier alpha value is -0.760. The molecule has 0 radical (unpaired) electrons. The summed E-state index contributed by atoms with van der Waals surface area (Å²) in [6.07, 6.45) is -11.3. The molecule has 0 saturated carbocycles. The van der Waals surface area contributed by atoms with Gasteiger partial charge in [0, 0.05) is 5.92 Å². The molecule has 10 unspecified atom stereocenters. The minimum atomic E-state index is -1.72. The molecule has 0 aromatic heterocycles. The van der Waals surface area contributed by atoms with Crippen molar-refractivity contribution in [3.05, 3.63) is 4.91 Å². The summed E-state index contributed by atoms with van der Waals surface area (Å²) in [6.45, 7) is 2.33. The Labute approximate surface area is 150 Å². The van der Waals surface area contributed by atoms with E-state index >= 15 is 0 Å². The Kier molecular flexibility index (Phi) is 7.42. The van der Waals surface area contributed by atoms with Gasteiger partial charge in [0.25, 0.3) is 0 Å². The number of nitrogens with zero attached hydrogens (tertiary/aromatic N) is 1. The number of ether oxygens (including phenoxy) is 3. The van der Waals surface area contributed by atoms with Crippen LogP contribution in [0.1, 0.15) is 13.8 Å². The van der Waals surface area contributed by atoms with Crippen molar-refractivity contribution in [3.8, 4) is 0 Å². The van der Waals surface area contributed by atoms with Gasteiger partial charge in [-0.05, 0) is 5.92 Å². The monoisotopic (exact) mass is 381 g/mol. The van der Waals surface area contributed by atoms with Crippen LogP contribution in [0, 0.1) is 16.7 Å². The second-order valence-electron chi connectivity index (χ2n) is 6.96. The molecule has 0 aromatic carbocycles. The highest BCUT2D eigenvalue weighted by atomic mass is 16.7. The molecule has 2 heterocycles. The van der Waals surface area contributed by atoms with Gasteiger partial charge in [-0.1, -0.05) is 19.0 Å². The van der Waals surface area contributed by atoms with Crippen molar-refractivity contribution in [1.29, 1.82) is 0 Å².